The summed E-state index contributed by atoms with van der Waals surface area (Å²) in [5.41, 5.74) is 1.21. The Labute approximate surface area is 186 Å². The van der Waals surface area contributed by atoms with Gasteiger partial charge in [-0.05, 0) is 26.1 Å². The van der Waals surface area contributed by atoms with Crippen LogP contribution in [0.25, 0.3) is 5.76 Å². The number of likely N-dealkylation sites (N-methyl/N-ethyl adjacent to an activating group) is 1. The van der Waals surface area contributed by atoms with Gasteiger partial charge in [0.05, 0.1) is 22.1 Å². The molecule has 0 bridgehead atoms. The molecular formula is C24H27N3O5. The second-order valence-electron chi connectivity index (χ2n) is 7.70. The van der Waals surface area contributed by atoms with Crippen molar-refractivity contribution in [3.63, 3.8) is 0 Å². The molecule has 1 atom stereocenters. The van der Waals surface area contributed by atoms with Crippen LogP contribution in [0.2, 0.25) is 0 Å². The summed E-state index contributed by atoms with van der Waals surface area (Å²) in [6, 6.07) is 11.9. The smallest absolute Gasteiger partial charge is 0.295 e. The minimum atomic E-state index is -1.05. The van der Waals surface area contributed by atoms with Crippen LogP contribution in [0.3, 0.4) is 0 Å². The first kappa shape index (κ1) is 23.1. The number of rotatable bonds is 8. The van der Waals surface area contributed by atoms with E-state index in [0.717, 1.165) is 18.7 Å². The van der Waals surface area contributed by atoms with E-state index in [4.69, 9.17) is 0 Å². The van der Waals surface area contributed by atoms with Gasteiger partial charge in [-0.25, -0.2) is 0 Å². The van der Waals surface area contributed by atoms with Crippen molar-refractivity contribution in [1.82, 2.24) is 9.80 Å². The van der Waals surface area contributed by atoms with Gasteiger partial charge in [-0.15, -0.1) is 0 Å². The van der Waals surface area contributed by atoms with Crippen LogP contribution in [0, 0.1) is 17.0 Å². The number of Topliss-reactive ketones (excluding diaryl/α,β-unsaturated/α-hetero) is 1. The fourth-order valence-corrected chi connectivity index (χ4v) is 3.97. The number of para-hydroxylation sites is 1. The van der Waals surface area contributed by atoms with Crippen molar-refractivity contribution in [1.29, 1.82) is 0 Å². The summed E-state index contributed by atoms with van der Waals surface area (Å²) >= 11 is 0. The van der Waals surface area contributed by atoms with Gasteiger partial charge in [0.1, 0.15) is 5.76 Å². The number of nitro groups is 1. The molecule has 0 aliphatic carbocycles. The Balaban J connectivity index is 2.18. The van der Waals surface area contributed by atoms with E-state index in [1.54, 1.807) is 30.3 Å². The SMILES string of the molecule is CCN(CC)CCN1C(=O)C(=O)/C(=C(/O)c2ccc(C)cc2)C1c1ccccc1[N+](=O)[O-]. The Morgan fingerprint density at radius 2 is 1.72 bits per heavy atom. The average Bonchev–Trinajstić information content (AvgIpc) is 3.04. The molecule has 1 heterocycles. The topological polar surface area (TPSA) is 104 Å². The largest absolute Gasteiger partial charge is 0.507 e. The van der Waals surface area contributed by atoms with Crippen molar-refractivity contribution in [3.8, 4) is 0 Å². The third-order valence-electron chi connectivity index (χ3n) is 5.84. The predicted octanol–water partition coefficient (Wildman–Crippen LogP) is 3.67. The fraction of sp³-hybridized carbons (Fsp3) is 0.333. The van der Waals surface area contributed by atoms with Gasteiger partial charge in [0.25, 0.3) is 17.4 Å². The number of nitrogens with zero attached hydrogens (tertiary/aromatic N) is 3. The van der Waals surface area contributed by atoms with E-state index in [1.807, 2.05) is 20.8 Å². The fourth-order valence-electron chi connectivity index (χ4n) is 3.97. The molecule has 1 saturated heterocycles. The minimum Gasteiger partial charge on any atom is -0.507 e. The zero-order valence-electron chi connectivity index (χ0n) is 18.4. The van der Waals surface area contributed by atoms with Gasteiger partial charge in [0.15, 0.2) is 0 Å². The number of aliphatic hydroxyl groups excluding tert-OH is 1. The number of likely N-dealkylation sites (tertiary alicyclic amines) is 1. The molecule has 1 amide bonds. The van der Waals surface area contributed by atoms with Crippen LogP contribution < -0.4 is 0 Å². The monoisotopic (exact) mass is 437 g/mol. The van der Waals surface area contributed by atoms with Crippen molar-refractivity contribution in [2.75, 3.05) is 26.2 Å². The summed E-state index contributed by atoms with van der Waals surface area (Å²) in [5.74, 6) is -1.95. The lowest BCUT2D eigenvalue weighted by atomic mass is 9.94. The minimum absolute atomic E-state index is 0.132. The van der Waals surface area contributed by atoms with Gasteiger partial charge in [-0.1, -0.05) is 55.8 Å². The molecule has 0 radical (unpaired) electrons. The number of carbonyl (C=O) groups is 2. The molecule has 8 heteroatoms. The highest BCUT2D eigenvalue weighted by Crippen LogP contribution is 2.42. The highest BCUT2D eigenvalue weighted by molar-refractivity contribution is 6.46. The third kappa shape index (κ3) is 4.40. The van der Waals surface area contributed by atoms with Crippen LogP contribution >= 0.6 is 0 Å². The van der Waals surface area contributed by atoms with E-state index in [1.165, 1.54) is 23.1 Å². The van der Waals surface area contributed by atoms with Crippen molar-refractivity contribution in [3.05, 3.63) is 80.9 Å². The quantitative estimate of drug-likeness (QED) is 0.222. The standard InChI is InChI=1S/C24H27N3O5/c1-4-25(5-2)14-15-26-21(18-8-6-7-9-19(18)27(31)32)20(23(29)24(26)30)22(28)17-12-10-16(3)11-13-17/h6-13,21,28H,4-5,14-15H2,1-3H3/b22-20+. The van der Waals surface area contributed by atoms with Gasteiger partial charge < -0.3 is 14.9 Å². The van der Waals surface area contributed by atoms with Crippen LogP contribution in [0.5, 0.6) is 0 Å². The molecule has 2 aromatic carbocycles. The second-order valence-corrected chi connectivity index (χ2v) is 7.70. The lowest BCUT2D eigenvalue weighted by molar-refractivity contribution is -0.385. The zero-order valence-corrected chi connectivity index (χ0v) is 18.4. The van der Waals surface area contributed by atoms with Gasteiger partial charge >= 0.3 is 0 Å². The van der Waals surface area contributed by atoms with E-state index >= 15 is 0 Å². The summed E-state index contributed by atoms with van der Waals surface area (Å²) in [4.78, 5) is 40.7. The summed E-state index contributed by atoms with van der Waals surface area (Å²) in [6.45, 7) is 8.11. The molecule has 1 N–H and O–H groups in total. The summed E-state index contributed by atoms with van der Waals surface area (Å²) < 4.78 is 0. The van der Waals surface area contributed by atoms with Gasteiger partial charge in [-0.2, -0.15) is 0 Å². The summed E-state index contributed by atoms with van der Waals surface area (Å²) in [6.07, 6.45) is 0. The number of aliphatic hydroxyl groups is 1. The summed E-state index contributed by atoms with van der Waals surface area (Å²) in [7, 11) is 0. The number of nitro benzene ring substituents is 1. The second kappa shape index (κ2) is 9.74. The van der Waals surface area contributed by atoms with Crippen molar-refractivity contribution < 1.29 is 19.6 Å². The Hall–Kier alpha value is -3.52. The average molecular weight is 437 g/mol. The van der Waals surface area contributed by atoms with E-state index < -0.39 is 22.7 Å². The van der Waals surface area contributed by atoms with E-state index in [-0.39, 0.29) is 29.1 Å². The van der Waals surface area contributed by atoms with Gasteiger partial charge in [0.2, 0.25) is 0 Å². The Kier molecular flexibility index (Phi) is 7.05. The Bertz CT molecular complexity index is 1060. The first-order valence-electron chi connectivity index (χ1n) is 10.6. The molecule has 1 aliphatic heterocycles. The summed E-state index contributed by atoms with van der Waals surface area (Å²) in [5, 5.41) is 22.8. The van der Waals surface area contributed by atoms with Crippen LogP contribution in [-0.2, 0) is 9.59 Å². The Morgan fingerprint density at radius 3 is 2.31 bits per heavy atom. The van der Waals surface area contributed by atoms with Crippen molar-refractivity contribution in [2.45, 2.75) is 26.8 Å². The first-order chi connectivity index (χ1) is 15.3. The van der Waals surface area contributed by atoms with E-state index in [9.17, 15) is 24.8 Å². The molecule has 32 heavy (non-hydrogen) atoms. The zero-order chi connectivity index (χ0) is 23.4. The molecule has 1 aliphatic rings. The highest BCUT2D eigenvalue weighted by atomic mass is 16.6. The number of ketones is 1. The normalized spacial score (nSPS) is 17.9. The number of hydrogen-bond donors (Lipinski definition) is 1. The number of aryl methyl sites for hydroxylation is 1. The molecule has 8 nitrogen and oxygen atoms in total. The first-order valence-corrected chi connectivity index (χ1v) is 10.6. The number of hydrogen-bond acceptors (Lipinski definition) is 6. The molecule has 0 spiro atoms. The van der Waals surface area contributed by atoms with Crippen LogP contribution in [0.15, 0.2) is 54.1 Å². The predicted molar refractivity (Wildman–Crippen MR) is 121 cm³/mol. The number of carbonyl (C=O) groups excluding carboxylic acids is 2. The lowest BCUT2D eigenvalue weighted by Crippen LogP contribution is -2.38. The molecule has 3 rings (SSSR count). The van der Waals surface area contributed by atoms with E-state index in [2.05, 4.69) is 4.90 Å². The van der Waals surface area contributed by atoms with Crippen LogP contribution in [-0.4, -0.2) is 57.7 Å². The van der Waals surface area contributed by atoms with Crippen molar-refractivity contribution in [2.24, 2.45) is 0 Å². The van der Waals surface area contributed by atoms with Crippen molar-refractivity contribution >= 4 is 23.1 Å². The maximum atomic E-state index is 13.1. The van der Waals surface area contributed by atoms with Crippen LogP contribution in [0.1, 0.15) is 36.6 Å². The third-order valence-corrected chi connectivity index (χ3v) is 5.84. The molecule has 2 aromatic rings. The Morgan fingerprint density at radius 1 is 1.09 bits per heavy atom. The molecule has 1 fully saturated rings. The lowest BCUT2D eigenvalue weighted by Gasteiger charge is -2.28. The van der Waals surface area contributed by atoms with Gasteiger partial charge in [0, 0.05) is 24.7 Å². The van der Waals surface area contributed by atoms with E-state index in [0.29, 0.717) is 12.1 Å². The maximum Gasteiger partial charge on any atom is 0.295 e. The highest BCUT2D eigenvalue weighted by Gasteiger charge is 2.47. The molecule has 0 aromatic heterocycles. The molecular weight excluding hydrogens is 410 g/mol. The maximum absolute atomic E-state index is 13.1. The molecule has 1 unspecified atom stereocenters. The van der Waals surface area contributed by atoms with Gasteiger partial charge in [-0.3, -0.25) is 19.7 Å². The number of amides is 1. The number of benzene rings is 2. The van der Waals surface area contributed by atoms with Crippen LogP contribution in [0.4, 0.5) is 5.69 Å². The molecule has 0 saturated carbocycles. The molecule has 168 valence electrons.